The molecule has 3 fully saturated rings. The largest absolute Gasteiger partial charge is 0.395 e. The smallest absolute Gasteiger partial charge is 0.197 e. The number of ether oxygens (including phenoxy) is 3. The zero-order chi connectivity index (χ0) is 9.05. The molecule has 0 aromatic rings. The van der Waals surface area contributed by atoms with Crippen LogP contribution in [0.1, 0.15) is 13.8 Å². The lowest BCUT2D eigenvalue weighted by Gasteiger charge is -2.08. The average Bonchev–Trinajstić information content (AvgIpc) is 2.95. The lowest BCUT2D eigenvalue weighted by molar-refractivity contribution is -0.0683. The van der Waals surface area contributed by atoms with Crippen LogP contribution in [0.25, 0.3) is 0 Å². The van der Waals surface area contributed by atoms with Gasteiger partial charge in [-0.2, -0.15) is 0 Å². The number of hydrogen-bond acceptors (Lipinski definition) is 4. The molecule has 0 radical (unpaired) electrons. The minimum atomic E-state index is -0.554. The van der Waals surface area contributed by atoms with E-state index in [0.29, 0.717) is 6.10 Å². The molecular formula is C8H14O4Si. The van der Waals surface area contributed by atoms with Gasteiger partial charge in [-0.1, -0.05) is 0 Å². The highest BCUT2D eigenvalue weighted by molar-refractivity contribution is 6.30. The first-order chi connectivity index (χ1) is 6.17. The molecule has 5 heteroatoms. The lowest BCUT2D eigenvalue weighted by atomic mass is 10.1. The van der Waals surface area contributed by atoms with Gasteiger partial charge in [0.25, 0.3) is 0 Å². The highest BCUT2D eigenvalue weighted by Gasteiger charge is 2.57. The first-order valence-electron chi connectivity index (χ1n) is 4.73. The van der Waals surface area contributed by atoms with Crippen LogP contribution in [-0.2, 0) is 18.6 Å². The molecule has 3 rings (SSSR count). The molecule has 0 amide bonds. The Morgan fingerprint density at radius 2 is 2.08 bits per heavy atom. The van der Waals surface area contributed by atoms with Gasteiger partial charge >= 0.3 is 0 Å². The van der Waals surface area contributed by atoms with Crippen LogP contribution in [0.3, 0.4) is 0 Å². The Labute approximate surface area is 79.4 Å². The highest BCUT2D eigenvalue weighted by Crippen LogP contribution is 2.41. The molecule has 3 saturated heterocycles. The van der Waals surface area contributed by atoms with Crippen molar-refractivity contribution < 1.29 is 18.6 Å². The maximum absolute atomic E-state index is 5.73. The molecule has 0 bridgehead atoms. The van der Waals surface area contributed by atoms with Crippen molar-refractivity contribution in [2.45, 2.75) is 43.7 Å². The predicted molar refractivity (Wildman–Crippen MR) is 47.0 cm³/mol. The summed E-state index contributed by atoms with van der Waals surface area (Å²) in [6, 6.07) is 0. The van der Waals surface area contributed by atoms with E-state index < -0.39 is 9.76 Å². The molecule has 3 aliphatic heterocycles. The highest BCUT2D eigenvalue weighted by atomic mass is 28.2. The monoisotopic (exact) mass is 202 g/mol. The lowest BCUT2D eigenvalue weighted by Crippen LogP contribution is -2.24. The zero-order valence-corrected chi connectivity index (χ0v) is 9.27. The first kappa shape index (κ1) is 8.37. The molecule has 3 aliphatic rings. The van der Waals surface area contributed by atoms with Crippen LogP contribution >= 0.6 is 0 Å². The second kappa shape index (κ2) is 2.55. The summed E-state index contributed by atoms with van der Waals surface area (Å²) in [4.78, 5) is 0. The van der Waals surface area contributed by atoms with E-state index in [2.05, 4.69) is 13.8 Å². The van der Waals surface area contributed by atoms with Crippen molar-refractivity contribution in [1.82, 2.24) is 0 Å². The van der Waals surface area contributed by atoms with E-state index in [-0.39, 0.29) is 23.7 Å². The van der Waals surface area contributed by atoms with Gasteiger partial charge in [0.15, 0.2) is 16.1 Å². The number of hydrogen-bond donors (Lipinski definition) is 0. The number of rotatable bonds is 2. The van der Waals surface area contributed by atoms with Gasteiger partial charge in [0.2, 0.25) is 0 Å². The summed E-state index contributed by atoms with van der Waals surface area (Å²) in [5.74, 6) is 0. The van der Waals surface area contributed by atoms with Gasteiger partial charge in [0.05, 0.1) is 12.2 Å². The van der Waals surface area contributed by atoms with Gasteiger partial charge in [-0.15, -0.1) is 0 Å². The first-order valence-corrected chi connectivity index (χ1v) is 6.13. The molecule has 4 atom stereocenters. The minimum absolute atomic E-state index is 0.0433. The average molecular weight is 202 g/mol. The Hall–Kier alpha value is 0.0569. The minimum Gasteiger partial charge on any atom is -0.395 e. The van der Waals surface area contributed by atoms with Gasteiger partial charge in [-0.05, 0) is 13.8 Å². The van der Waals surface area contributed by atoms with E-state index in [4.69, 9.17) is 18.6 Å². The van der Waals surface area contributed by atoms with Gasteiger partial charge in [-0.25, -0.2) is 0 Å². The van der Waals surface area contributed by atoms with E-state index in [1.54, 1.807) is 0 Å². The van der Waals surface area contributed by atoms with Crippen molar-refractivity contribution >= 4 is 9.76 Å². The molecule has 0 N–H and O–H groups in total. The molecule has 4 unspecified atom stereocenters. The topological polar surface area (TPSA) is 43.5 Å². The van der Waals surface area contributed by atoms with Crippen LogP contribution in [0.4, 0.5) is 0 Å². The van der Waals surface area contributed by atoms with Gasteiger partial charge in [0, 0.05) is 0 Å². The standard InChI is InChI=1S/C8H14O4Si/c1-8(2)5(11-8)6-10-7(13-12-6)4-3-9-4/h4-7H,3,13H2,1-2H3. The summed E-state index contributed by atoms with van der Waals surface area (Å²) in [7, 11) is -0.554. The van der Waals surface area contributed by atoms with Crippen LogP contribution in [-0.4, -0.2) is 46.2 Å². The molecule has 0 aromatic carbocycles. The molecule has 0 aromatic heterocycles. The SMILES string of the molecule is CC1(C)OC1C1O[SiH2]C(C2CO2)O1. The Balaban J connectivity index is 1.57. The van der Waals surface area contributed by atoms with Crippen molar-refractivity contribution in [2.75, 3.05) is 6.61 Å². The third-order valence-corrected chi connectivity index (χ3v) is 4.38. The second-order valence-electron chi connectivity index (χ2n) is 4.39. The van der Waals surface area contributed by atoms with E-state index in [1.807, 2.05) is 0 Å². The van der Waals surface area contributed by atoms with E-state index in [0.717, 1.165) is 6.61 Å². The van der Waals surface area contributed by atoms with Crippen LogP contribution < -0.4 is 0 Å². The molecule has 0 saturated carbocycles. The van der Waals surface area contributed by atoms with E-state index in [9.17, 15) is 0 Å². The molecule has 0 aliphatic carbocycles. The van der Waals surface area contributed by atoms with E-state index >= 15 is 0 Å². The molecule has 4 nitrogen and oxygen atoms in total. The normalized spacial score (nSPS) is 54.0. The third-order valence-electron chi connectivity index (χ3n) is 2.81. The van der Waals surface area contributed by atoms with Crippen LogP contribution in [0.15, 0.2) is 0 Å². The maximum Gasteiger partial charge on any atom is 0.197 e. The summed E-state index contributed by atoms with van der Waals surface area (Å²) >= 11 is 0. The van der Waals surface area contributed by atoms with Crippen molar-refractivity contribution in [3.05, 3.63) is 0 Å². The molecule has 13 heavy (non-hydrogen) atoms. The molecular weight excluding hydrogens is 188 g/mol. The van der Waals surface area contributed by atoms with Gasteiger partial charge < -0.3 is 18.6 Å². The summed E-state index contributed by atoms with van der Waals surface area (Å²) in [5.41, 5.74) is 0.225. The summed E-state index contributed by atoms with van der Waals surface area (Å²) in [6.07, 6.45) is 0.359. The van der Waals surface area contributed by atoms with Crippen LogP contribution in [0, 0.1) is 0 Å². The Morgan fingerprint density at radius 3 is 2.62 bits per heavy atom. The molecule has 74 valence electrons. The van der Waals surface area contributed by atoms with Crippen molar-refractivity contribution in [2.24, 2.45) is 0 Å². The Bertz CT molecular complexity index is 228. The maximum atomic E-state index is 5.73. The summed E-state index contributed by atoms with van der Waals surface area (Å²) in [5, 5.41) is 0. The molecule has 0 spiro atoms. The van der Waals surface area contributed by atoms with Crippen LogP contribution in [0.5, 0.6) is 0 Å². The van der Waals surface area contributed by atoms with Crippen LogP contribution in [0.2, 0.25) is 0 Å². The fourth-order valence-corrected chi connectivity index (χ4v) is 3.13. The van der Waals surface area contributed by atoms with Crippen molar-refractivity contribution in [3.8, 4) is 0 Å². The Morgan fingerprint density at radius 1 is 1.38 bits per heavy atom. The van der Waals surface area contributed by atoms with Gasteiger partial charge in [0.1, 0.15) is 17.9 Å². The van der Waals surface area contributed by atoms with Crippen molar-refractivity contribution in [3.63, 3.8) is 0 Å². The quantitative estimate of drug-likeness (QED) is 0.441. The van der Waals surface area contributed by atoms with Crippen molar-refractivity contribution in [1.29, 1.82) is 0 Å². The fraction of sp³-hybridized carbons (Fsp3) is 1.00. The summed E-state index contributed by atoms with van der Waals surface area (Å²) < 4.78 is 22.0. The zero-order valence-electron chi connectivity index (χ0n) is 7.86. The van der Waals surface area contributed by atoms with E-state index in [1.165, 1.54) is 0 Å². The molecule has 3 heterocycles. The third kappa shape index (κ3) is 1.44. The Kier molecular flexibility index (Phi) is 1.64. The van der Waals surface area contributed by atoms with Gasteiger partial charge in [-0.3, -0.25) is 0 Å². The predicted octanol–water partition coefficient (Wildman–Crippen LogP) is -0.655. The second-order valence-corrected chi connectivity index (χ2v) is 5.86. The number of epoxide rings is 2. The fourth-order valence-electron chi connectivity index (χ4n) is 1.74. The summed E-state index contributed by atoms with van der Waals surface area (Å²) in [6.45, 7) is 4.97.